The number of benzene rings is 2. The van der Waals surface area contributed by atoms with Crippen LogP contribution in [0.15, 0.2) is 53.7 Å². The molecule has 2 aromatic rings. The van der Waals surface area contributed by atoms with E-state index in [1.165, 1.54) is 0 Å². The Morgan fingerprint density at radius 1 is 1.12 bits per heavy atom. The van der Waals surface area contributed by atoms with E-state index in [2.05, 4.69) is 19.2 Å². The molecule has 2 aromatic carbocycles. The first-order valence-corrected chi connectivity index (χ1v) is 11.6. The zero-order valence-corrected chi connectivity index (χ0v) is 19.6. The van der Waals surface area contributed by atoms with Crippen LogP contribution in [0.3, 0.4) is 0 Å². The van der Waals surface area contributed by atoms with Crippen molar-refractivity contribution in [1.29, 1.82) is 0 Å². The lowest BCUT2D eigenvalue weighted by Crippen LogP contribution is -2.40. The molecule has 1 N–H and O–H groups in total. The average molecular weight is 447 g/mol. The van der Waals surface area contributed by atoms with Crippen molar-refractivity contribution in [3.05, 3.63) is 59.3 Å². The molecule has 0 fully saturated rings. The quantitative estimate of drug-likeness (QED) is 0.664. The number of nitrogens with zero attached hydrogens (tertiary/aromatic N) is 1. The largest absolute Gasteiger partial charge is 0.454 e. The second-order valence-corrected chi connectivity index (χ2v) is 10.4. The van der Waals surface area contributed by atoms with Crippen LogP contribution in [0.1, 0.15) is 58.6 Å². The first-order valence-electron chi connectivity index (χ1n) is 11.6. The third-order valence-electron chi connectivity index (χ3n) is 6.46. The lowest BCUT2D eigenvalue weighted by Gasteiger charge is -2.37. The van der Waals surface area contributed by atoms with Crippen LogP contribution in [-0.2, 0) is 9.59 Å². The number of Topliss-reactive ketones (excluding diaryl/α,β-unsaturated/α-hetero) is 1. The van der Waals surface area contributed by atoms with Gasteiger partial charge in [0.1, 0.15) is 0 Å². The highest BCUT2D eigenvalue weighted by Gasteiger charge is 2.43. The second kappa shape index (κ2) is 7.94. The summed E-state index contributed by atoms with van der Waals surface area (Å²) >= 11 is 0. The van der Waals surface area contributed by atoms with E-state index in [9.17, 15) is 9.59 Å². The maximum absolute atomic E-state index is 13.8. The molecule has 1 amide bonds. The third kappa shape index (κ3) is 3.88. The minimum Gasteiger partial charge on any atom is -0.454 e. The summed E-state index contributed by atoms with van der Waals surface area (Å²) in [6.45, 7) is 8.47. The van der Waals surface area contributed by atoms with Gasteiger partial charge in [-0.3, -0.25) is 14.5 Å². The molecule has 0 radical (unpaired) electrons. The number of nitrogens with one attached hydrogen (secondary N) is 1. The fraction of sp³-hybridized carbons (Fsp3) is 0.407. The predicted octanol–water partition coefficient (Wildman–Crippen LogP) is 5.60. The normalized spacial score (nSPS) is 20.8. The smallest absolute Gasteiger partial charge is 0.231 e. The van der Waals surface area contributed by atoms with Crippen LogP contribution in [-0.4, -0.2) is 18.5 Å². The first kappa shape index (κ1) is 21.6. The monoisotopic (exact) mass is 446 g/mol. The Kier molecular flexibility index (Phi) is 5.19. The van der Waals surface area contributed by atoms with Crippen LogP contribution >= 0.6 is 0 Å². The molecule has 0 spiro atoms. The minimum absolute atomic E-state index is 0.00620. The SMILES string of the molecule is CC(C)CC(=O)N1c2ccccc2NC2=C(C(=O)CC(C)(C)C2)C1c1ccc2c(c1)OCO2. The maximum Gasteiger partial charge on any atom is 0.231 e. The van der Waals surface area contributed by atoms with Gasteiger partial charge in [0.2, 0.25) is 12.7 Å². The molecule has 6 nitrogen and oxygen atoms in total. The standard InChI is InChI=1S/C27H30N2O4/c1-16(2)11-24(31)29-20-8-6-5-7-18(20)28-19-13-27(3,4)14-21(30)25(19)26(29)17-9-10-22-23(12-17)33-15-32-22/h5-10,12,16,26,28H,11,13-15H2,1-4H3. The summed E-state index contributed by atoms with van der Waals surface area (Å²) < 4.78 is 11.2. The number of para-hydroxylation sites is 2. The molecule has 33 heavy (non-hydrogen) atoms. The van der Waals surface area contributed by atoms with Gasteiger partial charge in [0.05, 0.1) is 17.4 Å². The van der Waals surface area contributed by atoms with E-state index < -0.39 is 6.04 Å². The van der Waals surface area contributed by atoms with Gasteiger partial charge in [0.15, 0.2) is 17.3 Å². The Bertz CT molecular complexity index is 1160. The summed E-state index contributed by atoms with van der Waals surface area (Å²) in [6.07, 6.45) is 1.56. The Labute approximate surface area is 194 Å². The summed E-state index contributed by atoms with van der Waals surface area (Å²) in [4.78, 5) is 29.2. The van der Waals surface area contributed by atoms with Gasteiger partial charge in [-0.2, -0.15) is 0 Å². The van der Waals surface area contributed by atoms with E-state index in [1.807, 2.05) is 61.2 Å². The lowest BCUT2D eigenvalue weighted by molar-refractivity contribution is -0.120. The molecule has 2 aliphatic heterocycles. The number of anilines is 2. The van der Waals surface area contributed by atoms with E-state index >= 15 is 0 Å². The van der Waals surface area contributed by atoms with Crippen molar-refractivity contribution in [3.63, 3.8) is 0 Å². The van der Waals surface area contributed by atoms with Crippen LogP contribution in [0, 0.1) is 11.3 Å². The molecule has 1 aliphatic carbocycles. The highest BCUT2D eigenvalue weighted by atomic mass is 16.7. The van der Waals surface area contributed by atoms with Crippen molar-refractivity contribution in [2.24, 2.45) is 11.3 Å². The molecule has 0 saturated carbocycles. The molecule has 0 saturated heterocycles. The molecular weight excluding hydrogens is 416 g/mol. The Hall–Kier alpha value is -3.28. The van der Waals surface area contributed by atoms with Gasteiger partial charge in [0.25, 0.3) is 0 Å². The van der Waals surface area contributed by atoms with Gasteiger partial charge in [-0.05, 0) is 47.6 Å². The molecular formula is C27H30N2O4. The number of carbonyl (C=O) groups is 2. The first-order chi connectivity index (χ1) is 15.7. The maximum atomic E-state index is 13.8. The average Bonchev–Trinajstić information content (AvgIpc) is 3.14. The Balaban J connectivity index is 1.75. The molecule has 1 atom stereocenters. The number of hydrogen-bond donors (Lipinski definition) is 1. The van der Waals surface area contributed by atoms with Gasteiger partial charge in [-0.25, -0.2) is 0 Å². The minimum atomic E-state index is -0.541. The third-order valence-corrected chi connectivity index (χ3v) is 6.46. The number of hydrogen-bond acceptors (Lipinski definition) is 5. The number of allylic oxidation sites excluding steroid dienone is 1. The second-order valence-electron chi connectivity index (χ2n) is 10.4. The number of fused-ring (bicyclic) bond motifs is 2. The molecule has 172 valence electrons. The zero-order valence-electron chi connectivity index (χ0n) is 19.6. The van der Waals surface area contributed by atoms with Crippen molar-refractivity contribution in [2.75, 3.05) is 17.0 Å². The van der Waals surface area contributed by atoms with E-state index in [0.717, 1.165) is 29.1 Å². The number of rotatable bonds is 3. The molecule has 6 heteroatoms. The molecule has 1 unspecified atom stereocenters. The van der Waals surface area contributed by atoms with Crippen molar-refractivity contribution in [1.82, 2.24) is 0 Å². The molecule has 5 rings (SSSR count). The summed E-state index contributed by atoms with van der Waals surface area (Å²) in [6, 6.07) is 13.0. The van der Waals surface area contributed by atoms with Crippen molar-refractivity contribution in [2.45, 2.75) is 53.0 Å². The lowest BCUT2D eigenvalue weighted by atomic mass is 9.73. The molecule has 3 aliphatic rings. The Morgan fingerprint density at radius 2 is 1.88 bits per heavy atom. The van der Waals surface area contributed by atoms with Crippen LogP contribution in [0.25, 0.3) is 0 Å². The van der Waals surface area contributed by atoms with Crippen molar-refractivity contribution >= 4 is 23.1 Å². The van der Waals surface area contributed by atoms with Gasteiger partial charge in [-0.15, -0.1) is 0 Å². The van der Waals surface area contributed by atoms with Crippen molar-refractivity contribution in [3.8, 4) is 11.5 Å². The van der Waals surface area contributed by atoms with E-state index in [0.29, 0.717) is 29.9 Å². The number of ether oxygens (including phenoxy) is 2. The highest BCUT2D eigenvalue weighted by Crippen LogP contribution is 2.49. The van der Waals surface area contributed by atoms with Gasteiger partial charge in [-0.1, -0.05) is 45.9 Å². The molecule has 0 bridgehead atoms. The van der Waals surface area contributed by atoms with E-state index in [4.69, 9.17) is 9.47 Å². The molecule has 0 aromatic heterocycles. The fourth-order valence-electron chi connectivity index (χ4n) is 5.11. The number of ketones is 1. The van der Waals surface area contributed by atoms with Gasteiger partial charge >= 0.3 is 0 Å². The van der Waals surface area contributed by atoms with E-state index in [-0.39, 0.29) is 29.8 Å². The Morgan fingerprint density at radius 3 is 2.67 bits per heavy atom. The van der Waals surface area contributed by atoms with Crippen molar-refractivity contribution < 1.29 is 19.1 Å². The van der Waals surface area contributed by atoms with Crippen LogP contribution in [0.2, 0.25) is 0 Å². The fourth-order valence-corrected chi connectivity index (χ4v) is 5.11. The highest BCUT2D eigenvalue weighted by molar-refractivity contribution is 6.06. The van der Waals surface area contributed by atoms with Crippen LogP contribution < -0.4 is 19.7 Å². The topological polar surface area (TPSA) is 67.9 Å². The van der Waals surface area contributed by atoms with Gasteiger partial charge < -0.3 is 14.8 Å². The summed E-state index contributed by atoms with van der Waals surface area (Å²) in [5.74, 6) is 1.57. The zero-order chi connectivity index (χ0) is 23.3. The predicted molar refractivity (Wildman–Crippen MR) is 127 cm³/mol. The number of amides is 1. The number of carbonyl (C=O) groups excluding carboxylic acids is 2. The van der Waals surface area contributed by atoms with E-state index in [1.54, 1.807) is 0 Å². The van der Waals surface area contributed by atoms with Crippen LogP contribution in [0.5, 0.6) is 11.5 Å². The summed E-state index contributed by atoms with van der Waals surface area (Å²) in [5, 5.41) is 3.55. The summed E-state index contributed by atoms with van der Waals surface area (Å²) in [5.41, 5.74) is 3.87. The summed E-state index contributed by atoms with van der Waals surface area (Å²) in [7, 11) is 0. The molecule has 2 heterocycles. The van der Waals surface area contributed by atoms with Gasteiger partial charge in [0, 0.05) is 24.1 Å². The van der Waals surface area contributed by atoms with Crippen LogP contribution in [0.4, 0.5) is 11.4 Å².